The number of aromatic nitrogens is 1. The number of rotatable bonds is 24. The number of aliphatic hydroxyl groups excluding tert-OH is 1. The van der Waals surface area contributed by atoms with Gasteiger partial charge in [-0.05, 0) is 31.4 Å². The number of carboxylic acids is 1. The number of anilines is 1. The lowest BCUT2D eigenvalue weighted by atomic mass is 9.97. The number of benzene rings is 2. The first-order valence-electron chi connectivity index (χ1n) is 19.6. The van der Waals surface area contributed by atoms with Crippen molar-refractivity contribution in [3.63, 3.8) is 0 Å². The Hall–Kier alpha value is -6.67. The summed E-state index contributed by atoms with van der Waals surface area (Å²) >= 11 is 0. The van der Waals surface area contributed by atoms with Crippen LogP contribution in [0.1, 0.15) is 45.4 Å². The van der Waals surface area contributed by atoms with Crippen molar-refractivity contribution in [1.82, 2.24) is 20.9 Å². The van der Waals surface area contributed by atoms with Crippen LogP contribution in [0.5, 0.6) is 5.75 Å². The SMILES string of the molecule is CC(=O)C(CO)NC(=O)C(CC(=O)O)CC(=O)CNC(=O)C(CCCN=C(N)N)NC(=O)CCC(=O)OCOc1cc(N2CCOCC2)nc2c(-c3ccccc3)cccc12. The fourth-order valence-corrected chi connectivity index (χ4v) is 6.30. The number of carbonyl (C=O) groups is 7. The maximum Gasteiger partial charge on any atom is 0.309 e. The average Bonchev–Trinajstić information content (AvgIpc) is 3.24. The third kappa shape index (κ3) is 15.1. The number of pyridine rings is 1. The number of aliphatic carboxylic acids is 1. The first kappa shape index (κ1) is 47.0. The van der Waals surface area contributed by atoms with Gasteiger partial charge in [-0.2, -0.15) is 0 Å². The number of carbonyl (C=O) groups excluding carboxylic acids is 6. The molecule has 1 aromatic heterocycles. The number of ether oxygens (including phenoxy) is 3. The van der Waals surface area contributed by atoms with E-state index in [1.54, 1.807) is 6.07 Å². The molecule has 1 fully saturated rings. The Labute approximate surface area is 351 Å². The second-order valence-corrected chi connectivity index (χ2v) is 14.1. The Bertz CT molecular complexity index is 2050. The van der Waals surface area contributed by atoms with Crippen LogP contribution in [0.15, 0.2) is 59.6 Å². The monoisotopic (exact) mass is 848 g/mol. The van der Waals surface area contributed by atoms with Crippen molar-refractivity contribution < 1.29 is 58.0 Å². The molecule has 20 nitrogen and oxygen atoms in total. The molecule has 0 aliphatic carbocycles. The molecule has 1 aliphatic heterocycles. The van der Waals surface area contributed by atoms with E-state index in [0.717, 1.165) is 18.1 Å². The predicted molar refractivity (Wildman–Crippen MR) is 221 cm³/mol. The molecule has 1 saturated heterocycles. The number of carboxylic acid groups (broad SMARTS) is 1. The molecule has 20 heteroatoms. The van der Waals surface area contributed by atoms with Gasteiger partial charge in [-0.1, -0.05) is 42.5 Å². The van der Waals surface area contributed by atoms with Gasteiger partial charge >= 0.3 is 11.9 Å². The van der Waals surface area contributed by atoms with E-state index in [9.17, 15) is 43.8 Å². The van der Waals surface area contributed by atoms with Gasteiger partial charge in [0.25, 0.3) is 0 Å². The van der Waals surface area contributed by atoms with Gasteiger partial charge < -0.3 is 56.7 Å². The Morgan fingerprint density at radius 1 is 0.934 bits per heavy atom. The third-order valence-electron chi connectivity index (χ3n) is 9.51. The molecule has 61 heavy (non-hydrogen) atoms. The summed E-state index contributed by atoms with van der Waals surface area (Å²) < 4.78 is 16.8. The van der Waals surface area contributed by atoms with Gasteiger partial charge in [0.05, 0.1) is 50.6 Å². The summed E-state index contributed by atoms with van der Waals surface area (Å²) in [5, 5.41) is 26.5. The van der Waals surface area contributed by atoms with Crippen LogP contribution < -0.4 is 37.1 Å². The summed E-state index contributed by atoms with van der Waals surface area (Å²) in [5.41, 5.74) is 13.3. The maximum absolute atomic E-state index is 13.2. The Kier molecular flexibility index (Phi) is 18.3. The van der Waals surface area contributed by atoms with Crippen molar-refractivity contribution in [2.45, 2.75) is 57.5 Å². The van der Waals surface area contributed by atoms with Crippen LogP contribution in [0.3, 0.4) is 0 Å². The molecule has 3 atom stereocenters. The van der Waals surface area contributed by atoms with E-state index in [1.165, 1.54) is 0 Å². The van der Waals surface area contributed by atoms with Crippen molar-refractivity contribution in [2.24, 2.45) is 22.4 Å². The van der Waals surface area contributed by atoms with Crippen LogP contribution in [0.2, 0.25) is 0 Å². The van der Waals surface area contributed by atoms with Crippen LogP contribution in [0.25, 0.3) is 22.0 Å². The van der Waals surface area contributed by atoms with Gasteiger partial charge in [0, 0.05) is 49.5 Å². The number of ketones is 2. The summed E-state index contributed by atoms with van der Waals surface area (Å²) in [6.07, 6.45) is -1.84. The predicted octanol–water partition coefficient (Wildman–Crippen LogP) is 0.169. The number of fused-ring (bicyclic) bond motifs is 1. The number of nitrogens with two attached hydrogens (primary N) is 2. The fourth-order valence-electron chi connectivity index (χ4n) is 6.30. The van der Waals surface area contributed by atoms with Crippen molar-refractivity contribution in [3.05, 3.63) is 54.6 Å². The number of aliphatic hydroxyl groups is 1. The molecule has 2 aromatic carbocycles. The largest absolute Gasteiger partial charge is 0.481 e. The summed E-state index contributed by atoms with van der Waals surface area (Å²) in [7, 11) is 0. The number of Topliss-reactive ketones (excluding diaryl/α,β-unsaturated/α-hetero) is 2. The molecule has 9 N–H and O–H groups in total. The van der Waals surface area contributed by atoms with E-state index in [4.69, 9.17) is 30.7 Å². The molecule has 3 amide bonds. The molecule has 1 aliphatic rings. The molecule has 0 bridgehead atoms. The van der Waals surface area contributed by atoms with E-state index in [-0.39, 0.29) is 38.2 Å². The van der Waals surface area contributed by atoms with Crippen molar-refractivity contribution in [1.29, 1.82) is 0 Å². The molecule has 3 aromatic rings. The number of nitrogens with zero attached hydrogens (tertiary/aromatic N) is 3. The van der Waals surface area contributed by atoms with Crippen LogP contribution >= 0.6 is 0 Å². The number of esters is 1. The van der Waals surface area contributed by atoms with Gasteiger partial charge in [0.1, 0.15) is 23.7 Å². The van der Waals surface area contributed by atoms with Crippen LogP contribution in [0, 0.1) is 5.92 Å². The number of amides is 3. The Morgan fingerprint density at radius 3 is 2.34 bits per heavy atom. The van der Waals surface area contributed by atoms with Crippen molar-refractivity contribution in [2.75, 3.05) is 57.7 Å². The molecule has 0 spiro atoms. The maximum atomic E-state index is 13.2. The lowest BCUT2D eigenvalue weighted by Gasteiger charge is -2.28. The normalized spacial score (nSPS) is 13.8. The number of guanidine groups is 1. The van der Waals surface area contributed by atoms with Gasteiger partial charge in [-0.15, -0.1) is 0 Å². The van der Waals surface area contributed by atoms with Gasteiger partial charge in [0.15, 0.2) is 17.5 Å². The minimum absolute atomic E-state index is 0.0246. The van der Waals surface area contributed by atoms with Gasteiger partial charge in [0.2, 0.25) is 24.5 Å². The van der Waals surface area contributed by atoms with E-state index in [1.807, 2.05) is 48.5 Å². The highest BCUT2D eigenvalue weighted by Gasteiger charge is 2.29. The van der Waals surface area contributed by atoms with Crippen LogP contribution in [0.4, 0.5) is 5.82 Å². The average molecular weight is 849 g/mol. The summed E-state index contributed by atoms with van der Waals surface area (Å²) in [6, 6.07) is 14.8. The quantitative estimate of drug-likeness (QED) is 0.0208. The zero-order chi connectivity index (χ0) is 44.3. The molecule has 0 radical (unpaired) electrons. The highest BCUT2D eigenvalue weighted by atomic mass is 16.7. The molecule has 2 heterocycles. The van der Waals surface area contributed by atoms with E-state index in [2.05, 4.69) is 25.8 Å². The molecule has 0 saturated carbocycles. The van der Waals surface area contributed by atoms with E-state index >= 15 is 0 Å². The standard InChI is InChI=1S/C41H52N8O12/c1-25(51)32(23-50)47-39(57)27(20-36(54)55)19-28(52)22-45-40(58)31(11-6-14-44-41(42)43)46-35(53)12-13-37(56)61-24-60-33-21-34(49-15-17-59-18-16-49)48-38-29(9-5-10-30(33)38)26-7-3-2-4-8-26/h2-5,7-10,21,27,31-32,50H,6,11-20,22-24H2,1H3,(H,45,58)(H,46,53)(H,47,57)(H,54,55)(H4,42,43,44). The second kappa shape index (κ2) is 23.8. The first-order valence-corrected chi connectivity index (χ1v) is 19.6. The minimum atomic E-state index is -1.40. The van der Waals surface area contributed by atoms with Crippen molar-refractivity contribution in [3.8, 4) is 16.9 Å². The molecular formula is C41H52N8O12. The zero-order valence-electron chi connectivity index (χ0n) is 33.8. The summed E-state index contributed by atoms with van der Waals surface area (Å²) in [5.74, 6) is -6.32. The lowest BCUT2D eigenvalue weighted by Crippen LogP contribution is -2.48. The first-order chi connectivity index (χ1) is 29.2. The second-order valence-electron chi connectivity index (χ2n) is 14.1. The van der Waals surface area contributed by atoms with Crippen LogP contribution in [-0.4, -0.2) is 127 Å². The Morgan fingerprint density at radius 2 is 1.67 bits per heavy atom. The summed E-state index contributed by atoms with van der Waals surface area (Å²) in [4.78, 5) is 98.3. The minimum Gasteiger partial charge on any atom is -0.481 e. The number of hydrogen-bond donors (Lipinski definition) is 7. The molecule has 4 rings (SSSR count). The van der Waals surface area contributed by atoms with E-state index in [0.29, 0.717) is 48.8 Å². The number of hydrogen-bond acceptors (Lipinski definition) is 14. The van der Waals surface area contributed by atoms with Crippen molar-refractivity contribution >= 4 is 63.9 Å². The van der Waals surface area contributed by atoms with Crippen LogP contribution in [-0.2, 0) is 43.0 Å². The third-order valence-corrected chi connectivity index (χ3v) is 9.51. The summed E-state index contributed by atoms with van der Waals surface area (Å²) in [6.45, 7) is 1.76. The highest BCUT2D eigenvalue weighted by molar-refractivity contribution is 5.98. The topological polar surface area (TPSA) is 304 Å². The number of para-hydroxylation sites is 1. The number of aliphatic imine (C=N–C) groups is 1. The lowest BCUT2D eigenvalue weighted by molar-refractivity contribution is -0.151. The highest BCUT2D eigenvalue weighted by Crippen LogP contribution is 2.35. The van der Waals surface area contributed by atoms with E-state index < -0.39 is 92.0 Å². The Balaban J connectivity index is 1.34. The fraction of sp³-hybridized carbons (Fsp3) is 0.439. The molecule has 3 unspecified atom stereocenters. The number of morpholine rings is 1. The molecular weight excluding hydrogens is 796 g/mol. The number of nitrogens with one attached hydrogen (secondary N) is 3. The van der Waals surface area contributed by atoms with Gasteiger partial charge in [-0.25, -0.2) is 4.98 Å². The zero-order valence-corrected chi connectivity index (χ0v) is 33.8. The molecule has 328 valence electrons. The van der Waals surface area contributed by atoms with Gasteiger partial charge in [-0.3, -0.25) is 38.6 Å². The smallest absolute Gasteiger partial charge is 0.309 e.